The van der Waals surface area contributed by atoms with Crippen LogP contribution < -0.4 is 20.7 Å². The van der Waals surface area contributed by atoms with Gasteiger partial charge < -0.3 is 19.9 Å². The number of hydrogen-bond donors (Lipinski definition) is 3. The van der Waals surface area contributed by atoms with Gasteiger partial charge in [-0.25, -0.2) is 14.4 Å². The van der Waals surface area contributed by atoms with Crippen molar-refractivity contribution in [1.29, 1.82) is 0 Å². The molecule has 2 amide bonds. The van der Waals surface area contributed by atoms with Crippen molar-refractivity contribution >= 4 is 45.7 Å². The highest BCUT2D eigenvalue weighted by Gasteiger charge is 2.30. The van der Waals surface area contributed by atoms with E-state index in [9.17, 15) is 24.1 Å². The number of anilines is 3. The molecule has 0 saturated carbocycles. The molecule has 3 N–H and O–H groups in total. The number of fused-ring (bicyclic) bond motifs is 1. The summed E-state index contributed by atoms with van der Waals surface area (Å²) < 4.78 is 22.5. The lowest BCUT2D eigenvalue weighted by atomic mass is 9.89. The molecule has 5 aromatic rings. The fraction of sp³-hybridized carbons (Fsp3) is 0.188. The molecule has 0 spiro atoms. The van der Waals surface area contributed by atoms with E-state index in [0.29, 0.717) is 17.0 Å². The minimum absolute atomic E-state index is 0.0551. The zero-order valence-corrected chi connectivity index (χ0v) is 24.3. The third-order valence-electron chi connectivity index (χ3n) is 7.75. The number of rotatable bonds is 9. The highest BCUT2D eigenvalue weighted by Crippen LogP contribution is 2.38. The van der Waals surface area contributed by atoms with Gasteiger partial charge in [-0.2, -0.15) is 0 Å². The molecule has 12 nitrogen and oxygen atoms in total. The zero-order valence-electron chi connectivity index (χ0n) is 24.3. The topological polar surface area (TPSA) is 153 Å². The van der Waals surface area contributed by atoms with Crippen molar-refractivity contribution in [2.24, 2.45) is 7.05 Å². The van der Waals surface area contributed by atoms with Gasteiger partial charge in [0.05, 0.1) is 29.3 Å². The second kappa shape index (κ2) is 12.0. The Kier molecular flexibility index (Phi) is 7.82. The van der Waals surface area contributed by atoms with Crippen molar-refractivity contribution in [3.05, 3.63) is 100 Å². The number of carbonyl (C=O) groups is 2. The molecule has 45 heavy (non-hydrogen) atoms. The number of imide groups is 1. The normalized spacial score (nSPS) is 14.7. The lowest BCUT2D eigenvalue weighted by molar-refractivity contribution is -0.383. The summed E-state index contributed by atoms with van der Waals surface area (Å²) in [4.78, 5) is 44.1. The van der Waals surface area contributed by atoms with Crippen LogP contribution in [0.3, 0.4) is 0 Å². The molecule has 1 atom stereocenters. The fourth-order valence-corrected chi connectivity index (χ4v) is 5.51. The number of para-hydroxylation sites is 1. The van der Waals surface area contributed by atoms with Gasteiger partial charge >= 0.3 is 0 Å². The highest BCUT2D eigenvalue weighted by molar-refractivity contribution is 6.01. The first kappa shape index (κ1) is 29.2. The number of piperidine rings is 1. The number of carbonyl (C=O) groups excluding carboxylic acids is 2. The number of benzene rings is 3. The summed E-state index contributed by atoms with van der Waals surface area (Å²) in [6.07, 6.45) is 3.95. The van der Waals surface area contributed by atoms with Crippen LogP contribution in [0.1, 0.15) is 29.9 Å². The van der Waals surface area contributed by atoms with Crippen LogP contribution in [-0.4, -0.2) is 38.4 Å². The van der Waals surface area contributed by atoms with Crippen LogP contribution in [0.4, 0.5) is 27.4 Å². The van der Waals surface area contributed by atoms with Crippen LogP contribution in [-0.2, 0) is 23.2 Å². The standard InChI is InChI=1S/C32H28FN7O5/c1-39-17-22(20-5-3-4-6-27(20)39)24-11-12-34-32(36-24)37-26-14-28(40(43)44)25(15-29(26)45-2)35-16-18-7-8-19(23(33)13-18)21-9-10-30(41)38-31(21)42/h3-8,11-15,17,21,35H,9-10,16H2,1-2H3,(H,34,36,37)(H,38,41,42). The van der Waals surface area contributed by atoms with Crippen molar-refractivity contribution in [3.8, 4) is 17.0 Å². The third-order valence-corrected chi connectivity index (χ3v) is 7.75. The Hall–Kier alpha value is -5.85. The molecule has 1 aliphatic heterocycles. The number of hydrogen-bond acceptors (Lipinski definition) is 9. The van der Waals surface area contributed by atoms with Crippen molar-refractivity contribution < 1.29 is 23.6 Å². The van der Waals surface area contributed by atoms with Gasteiger partial charge in [0, 0.05) is 66.6 Å². The molecule has 0 bridgehead atoms. The highest BCUT2D eigenvalue weighted by atomic mass is 19.1. The first-order valence-electron chi connectivity index (χ1n) is 14.1. The van der Waals surface area contributed by atoms with Gasteiger partial charge in [-0.3, -0.25) is 25.0 Å². The Balaban J connectivity index is 1.23. The molecule has 3 aromatic carbocycles. The number of halogens is 1. The molecule has 228 valence electrons. The number of ether oxygens (including phenoxy) is 1. The predicted octanol–water partition coefficient (Wildman–Crippen LogP) is 5.57. The number of aryl methyl sites for hydroxylation is 1. The average Bonchev–Trinajstić information content (AvgIpc) is 3.37. The summed E-state index contributed by atoms with van der Waals surface area (Å²) in [5.74, 6) is -1.74. The Labute approximate surface area is 256 Å². The van der Waals surface area contributed by atoms with Crippen LogP contribution >= 0.6 is 0 Å². The summed E-state index contributed by atoms with van der Waals surface area (Å²) in [5.41, 5.74) is 3.52. The van der Waals surface area contributed by atoms with Gasteiger partial charge in [0.25, 0.3) is 5.69 Å². The number of nitrogens with one attached hydrogen (secondary N) is 3. The van der Waals surface area contributed by atoms with Crippen molar-refractivity contribution in [3.63, 3.8) is 0 Å². The molecule has 6 rings (SSSR count). The van der Waals surface area contributed by atoms with Crippen LogP contribution in [0.2, 0.25) is 0 Å². The molecule has 2 aromatic heterocycles. The lowest BCUT2D eigenvalue weighted by Gasteiger charge is -2.21. The van der Waals surface area contributed by atoms with Crippen LogP contribution in [0.15, 0.2) is 73.1 Å². The quantitative estimate of drug-likeness (QED) is 0.111. The molecular weight excluding hydrogens is 581 g/mol. The summed E-state index contributed by atoms with van der Waals surface area (Å²) in [5, 5.41) is 21.4. The van der Waals surface area contributed by atoms with Gasteiger partial charge in [0.1, 0.15) is 17.3 Å². The number of amides is 2. The maximum atomic E-state index is 15.0. The average molecular weight is 610 g/mol. The van der Waals surface area contributed by atoms with Gasteiger partial charge in [-0.15, -0.1) is 0 Å². The van der Waals surface area contributed by atoms with E-state index in [4.69, 9.17) is 4.74 Å². The lowest BCUT2D eigenvalue weighted by Crippen LogP contribution is -2.39. The summed E-state index contributed by atoms with van der Waals surface area (Å²) in [6, 6.07) is 16.9. The largest absolute Gasteiger partial charge is 0.494 e. The van der Waals surface area contributed by atoms with Crippen LogP contribution in [0.25, 0.3) is 22.2 Å². The molecule has 1 aliphatic rings. The van der Waals surface area contributed by atoms with Crippen molar-refractivity contribution in [2.45, 2.75) is 25.3 Å². The molecule has 1 unspecified atom stereocenters. The van der Waals surface area contributed by atoms with Crippen molar-refractivity contribution in [2.75, 3.05) is 17.7 Å². The van der Waals surface area contributed by atoms with E-state index in [-0.39, 0.29) is 53.9 Å². The van der Waals surface area contributed by atoms with Gasteiger partial charge in [-0.05, 0) is 30.2 Å². The first-order chi connectivity index (χ1) is 21.7. The fourth-order valence-electron chi connectivity index (χ4n) is 5.51. The molecule has 1 fully saturated rings. The molecule has 0 aliphatic carbocycles. The second-order valence-corrected chi connectivity index (χ2v) is 10.6. The van der Waals surface area contributed by atoms with E-state index in [0.717, 1.165) is 16.5 Å². The Morgan fingerprint density at radius 3 is 2.71 bits per heavy atom. The number of nitro groups is 1. The minimum Gasteiger partial charge on any atom is -0.494 e. The number of nitrogens with zero attached hydrogens (tertiary/aromatic N) is 4. The molecule has 13 heteroatoms. The van der Waals surface area contributed by atoms with E-state index in [1.807, 2.05) is 42.1 Å². The number of aromatic nitrogens is 3. The van der Waals surface area contributed by atoms with E-state index in [2.05, 4.69) is 25.9 Å². The Bertz CT molecular complexity index is 1980. The SMILES string of the molecule is COc1cc(NCc2ccc(C3CCC(=O)NC3=O)c(F)c2)c([N+](=O)[O-])cc1Nc1nccc(-c2cn(C)c3ccccc23)n1. The number of methoxy groups -OCH3 is 1. The Morgan fingerprint density at radius 2 is 1.96 bits per heavy atom. The maximum absolute atomic E-state index is 15.0. The zero-order chi connectivity index (χ0) is 31.7. The second-order valence-electron chi connectivity index (χ2n) is 10.6. The van der Waals surface area contributed by atoms with E-state index in [1.54, 1.807) is 18.3 Å². The summed E-state index contributed by atoms with van der Waals surface area (Å²) >= 11 is 0. The molecule has 3 heterocycles. The molecule has 0 radical (unpaired) electrons. The predicted molar refractivity (Wildman–Crippen MR) is 166 cm³/mol. The van der Waals surface area contributed by atoms with Crippen LogP contribution in [0, 0.1) is 15.9 Å². The molecular formula is C32H28FN7O5. The number of nitro benzene ring substituents is 1. The summed E-state index contributed by atoms with van der Waals surface area (Å²) in [7, 11) is 3.39. The maximum Gasteiger partial charge on any atom is 0.294 e. The summed E-state index contributed by atoms with van der Waals surface area (Å²) in [6.45, 7) is 0.0551. The minimum atomic E-state index is -0.758. The Morgan fingerprint density at radius 1 is 1.13 bits per heavy atom. The van der Waals surface area contributed by atoms with E-state index >= 15 is 0 Å². The van der Waals surface area contributed by atoms with Gasteiger partial charge in [-0.1, -0.05) is 30.3 Å². The molecule has 1 saturated heterocycles. The van der Waals surface area contributed by atoms with Gasteiger partial charge in [0.2, 0.25) is 17.8 Å². The monoisotopic (exact) mass is 609 g/mol. The third kappa shape index (κ3) is 5.87. The van der Waals surface area contributed by atoms with Crippen molar-refractivity contribution in [1.82, 2.24) is 19.9 Å². The van der Waals surface area contributed by atoms with E-state index < -0.39 is 22.6 Å². The smallest absolute Gasteiger partial charge is 0.294 e. The van der Waals surface area contributed by atoms with Crippen LogP contribution in [0.5, 0.6) is 5.75 Å². The first-order valence-corrected chi connectivity index (χ1v) is 14.1. The van der Waals surface area contributed by atoms with E-state index in [1.165, 1.54) is 31.4 Å². The van der Waals surface area contributed by atoms with Gasteiger partial charge in [0.15, 0.2) is 0 Å².